The molecule has 0 bridgehead atoms. The van der Waals surface area contributed by atoms with Crippen LogP contribution in [0.3, 0.4) is 0 Å². The molecule has 4 rings (SSSR count). The molecule has 0 spiro atoms. The van der Waals surface area contributed by atoms with Crippen LogP contribution in [0.4, 0.5) is 5.95 Å². The molecule has 1 aromatic heterocycles. The molecule has 0 amide bonds. The number of hydrogen-bond acceptors (Lipinski definition) is 3. The standard InChI is InChI=1S/C24H28Cl2N4/c1-4-13-29(23(14-18-7-8-18)19-9-5-16(2)6-10-19)24-27-17(3)30(28-24)22-12-11-20(25)15-21(22)26/h5-6,9-12,15,18,23H,4,7-8,13-14H2,1-3H3/t23-/m0/s1. The summed E-state index contributed by atoms with van der Waals surface area (Å²) < 4.78 is 1.82. The minimum absolute atomic E-state index is 0.272. The number of halogens is 2. The summed E-state index contributed by atoms with van der Waals surface area (Å²) in [5.74, 6) is 2.36. The summed E-state index contributed by atoms with van der Waals surface area (Å²) in [7, 11) is 0. The van der Waals surface area contributed by atoms with Gasteiger partial charge in [0, 0.05) is 11.6 Å². The van der Waals surface area contributed by atoms with Crippen LogP contribution in [-0.4, -0.2) is 21.3 Å². The molecule has 0 saturated heterocycles. The summed E-state index contributed by atoms with van der Waals surface area (Å²) in [6, 6.07) is 14.6. The molecule has 2 aromatic carbocycles. The van der Waals surface area contributed by atoms with Crippen molar-refractivity contribution in [2.45, 2.75) is 52.5 Å². The van der Waals surface area contributed by atoms with Crippen LogP contribution < -0.4 is 4.90 Å². The van der Waals surface area contributed by atoms with Gasteiger partial charge in [-0.1, -0.05) is 72.8 Å². The first-order valence-corrected chi connectivity index (χ1v) is 11.4. The fraction of sp³-hybridized carbons (Fsp3) is 0.417. The minimum atomic E-state index is 0.272. The van der Waals surface area contributed by atoms with Crippen LogP contribution in [-0.2, 0) is 0 Å². The molecule has 0 aliphatic heterocycles. The Morgan fingerprint density at radius 2 is 1.83 bits per heavy atom. The predicted octanol–water partition coefficient (Wildman–Crippen LogP) is 6.95. The van der Waals surface area contributed by atoms with Crippen LogP contribution in [0.2, 0.25) is 10.0 Å². The summed E-state index contributed by atoms with van der Waals surface area (Å²) in [5, 5.41) is 6.06. The number of anilines is 1. The quantitative estimate of drug-likeness (QED) is 0.378. The summed E-state index contributed by atoms with van der Waals surface area (Å²) in [6.45, 7) is 7.21. The predicted molar refractivity (Wildman–Crippen MR) is 125 cm³/mol. The first-order valence-electron chi connectivity index (χ1n) is 10.7. The second-order valence-corrected chi connectivity index (χ2v) is 9.11. The highest BCUT2D eigenvalue weighted by Gasteiger charge is 2.31. The van der Waals surface area contributed by atoms with Crippen molar-refractivity contribution >= 4 is 29.2 Å². The smallest absolute Gasteiger partial charge is 0.245 e. The van der Waals surface area contributed by atoms with Crippen molar-refractivity contribution in [2.75, 3.05) is 11.4 Å². The van der Waals surface area contributed by atoms with Gasteiger partial charge in [0.25, 0.3) is 0 Å². The Hall–Kier alpha value is -2.04. The Labute approximate surface area is 188 Å². The Balaban J connectivity index is 1.73. The molecule has 1 heterocycles. The van der Waals surface area contributed by atoms with E-state index < -0.39 is 0 Å². The zero-order valence-electron chi connectivity index (χ0n) is 17.8. The van der Waals surface area contributed by atoms with E-state index in [1.54, 1.807) is 6.07 Å². The van der Waals surface area contributed by atoms with Crippen LogP contribution in [0.1, 0.15) is 55.6 Å². The molecule has 1 saturated carbocycles. The summed E-state index contributed by atoms with van der Waals surface area (Å²) in [6.07, 6.45) is 4.81. The highest BCUT2D eigenvalue weighted by molar-refractivity contribution is 6.35. The van der Waals surface area contributed by atoms with E-state index in [9.17, 15) is 0 Å². The Morgan fingerprint density at radius 3 is 2.47 bits per heavy atom. The number of benzene rings is 2. The van der Waals surface area contributed by atoms with Gasteiger partial charge in [0.1, 0.15) is 5.82 Å². The van der Waals surface area contributed by atoms with E-state index in [1.807, 2.05) is 23.7 Å². The molecule has 1 aliphatic carbocycles. The van der Waals surface area contributed by atoms with Gasteiger partial charge in [-0.05, 0) is 56.4 Å². The van der Waals surface area contributed by atoms with Crippen molar-refractivity contribution in [3.63, 3.8) is 0 Å². The third kappa shape index (κ3) is 4.65. The van der Waals surface area contributed by atoms with Crippen molar-refractivity contribution in [3.8, 4) is 5.69 Å². The second-order valence-electron chi connectivity index (χ2n) is 8.27. The zero-order chi connectivity index (χ0) is 21.3. The number of nitrogens with zero attached hydrogens (tertiary/aromatic N) is 4. The highest BCUT2D eigenvalue weighted by atomic mass is 35.5. The molecule has 30 heavy (non-hydrogen) atoms. The lowest BCUT2D eigenvalue weighted by Crippen LogP contribution is -2.31. The van der Waals surface area contributed by atoms with Crippen molar-refractivity contribution in [3.05, 3.63) is 69.5 Å². The van der Waals surface area contributed by atoms with Crippen LogP contribution in [0, 0.1) is 19.8 Å². The molecular formula is C24H28Cl2N4. The molecule has 0 radical (unpaired) electrons. The van der Waals surface area contributed by atoms with E-state index >= 15 is 0 Å². The monoisotopic (exact) mass is 442 g/mol. The van der Waals surface area contributed by atoms with Crippen molar-refractivity contribution in [2.24, 2.45) is 5.92 Å². The Bertz CT molecular complexity index is 1010. The lowest BCUT2D eigenvalue weighted by molar-refractivity contribution is 0.527. The lowest BCUT2D eigenvalue weighted by Gasteiger charge is -2.31. The fourth-order valence-electron chi connectivity index (χ4n) is 3.92. The molecule has 3 aromatic rings. The van der Waals surface area contributed by atoms with Gasteiger partial charge >= 0.3 is 0 Å². The molecule has 1 atom stereocenters. The third-order valence-corrected chi connectivity index (χ3v) is 6.25. The van der Waals surface area contributed by atoms with Gasteiger partial charge in [0.05, 0.1) is 16.8 Å². The molecule has 0 N–H and O–H groups in total. The van der Waals surface area contributed by atoms with E-state index in [-0.39, 0.29) is 6.04 Å². The number of aromatic nitrogens is 3. The van der Waals surface area contributed by atoms with Gasteiger partial charge in [-0.3, -0.25) is 0 Å². The van der Waals surface area contributed by atoms with Gasteiger partial charge < -0.3 is 4.90 Å². The van der Waals surface area contributed by atoms with Crippen LogP contribution >= 0.6 is 23.2 Å². The normalized spacial score (nSPS) is 14.7. The largest absolute Gasteiger partial charge is 0.332 e. The maximum Gasteiger partial charge on any atom is 0.245 e. The van der Waals surface area contributed by atoms with Gasteiger partial charge in [-0.15, -0.1) is 5.10 Å². The molecular weight excluding hydrogens is 415 g/mol. The van der Waals surface area contributed by atoms with E-state index in [0.29, 0.717) is 10.0 Å². The minimum Gasteiger partial charge on any atom is -0.332 e. The van der Waals surface area contributed by atoms with Gasteiger partial charge in [-0.25, -0.2) is 4.68 Å². The number of hydrogen-bond donors (Lipinski definition) is 0. The molecule has 6 heteroatoms. The first kappa shape index (κ1) is 21.2. The van der Waals surface area contributed by atoms with E-state index in [0.717, 1.165) is 42.8 Å². The molecule has 1 fully saturated rings. The van der Waals surface area contributed by atoms with Gasteiger partial charge in [-0.2, -0.15) is 4.98 Å². The molecule has 4 nitrogen and oxygen atoms in total. The van der Waals surface area contributed by atoms with Gasteiger partial charge in [0.15, 0.2) is 0 Å². The highest BCUT2D eigenvalue weighted by Crippen LogP contribution is 2.41. The van der Waals surface area contributed by atoms with Crippen LogP contribution in [0.5, 0.6) is 0 Å². The molecule has 1 aliphatic rings. The topological polar surface area (TPSA) is 34.0 Å². The van der Waals surface area contributed by atoms with Crippen molar-refractivity contribution in [1.82, 2.24) is 14.8 Å². The summed E-state index contributed by atoms with van der Waals surface area (Å²) in [5.41, 5.74) is 3.41. The zero-order valence-corrected chi connectivity index (χ0v) is 19.3. The SMILES string of the molecule is CCCN(c1nc(C)n(-c2ccc(Cl)cc2Cl)n1)[C@@H](CC1CC1)c1ccc(C)cc1. The Morgan fingerprint density at radius 1 is 1.10 bits per heavy atom. The maximum absolute atomic E-state index is 6.45. The average molecular weight is 443 g/mol. The van der Waals surface area contributed by atoms with E-state index in [4.69, 9.17) is 33.3 Å². The summed E-state index contributed by atoms with van der Waals surface area (Å²) >= 11 is 12.5. The molecule has 0 unspecified atom stereocenters. The van der Waals surface area contributed by atoms with Gasteiger partial charge in [0.2, 0.25) is 5.95 Å². The van der Waals surface area contributed by atoms with Crippen molar-refractivity contribution < 1.29 is 0 Å². The third-order valence-electron chi connectivity index (χ3n) is 5.71. The van der Waals surface area contributed by atoms with E-state index in [1.165, 1.54) is 24.0 Å². The van der Waals surface area contributed by atoms with E-state index in [2.05, 4.69) is 43.0 Å². The van der Waals surface area contributed by atoms with Crippen LogP contribution in [0.25, 0.3) is 5.69 Å². The van der Waals surface area contributed by atoms with Crippen molar-refractivity contribution in [1.29, 1.82) is 0 Å². The second kappa shape index (κ2) is 8.99. The average Bonchev–Trinajstić information content (AvgIpc) is 3.46. The fourth-order valence-corrected chi connectivity index (χ4v) is 4.40. The van der Waals surface area contributed by atoms with Crippen LogP contribution in [0.15, 0.2) is 42.5 Å². The number of rotatable bonds is 8. The Kier molecular flexibility index (Phi) is 6.35. The first-order chi connectivity index (χ1) is 14.5. The maximum atomic E-state index is 6.45. The number of aryl methyl sites for hydroxylation is 2. The molecule has 158 valence electrons. The summed E-state index contributed by atoms with van der Waals surface area (Å²) in [4.78, 5) is 7.22. The lowest BCUT2D eigenvalue weighted by atomic mass is 9.98.